The van der Waals surface area contributed by atoms with Crippen LogP contribution in [0.2, 0.25) is 0 Å². The molecule has 1 fully saturated rings. The van der Waals surface area contributed by atoms with E-state index in [0.717, 1.165) is 23.4 Å². The average Bonchev–Trinajstić information content (AvgIpc) is 2.96. The van der Waals surface area contributed by atoms with E-state index in [-0.39, 0.29) is 6.54 Å². The Balaban J connectivity index is 2.01. The van der Waals surface area contributed by atoms with Crippen molar-refractivity contribution in [2.45, 2.75) is 12.2 Å². The second-order valence-electron chi connectivity index (χ2n) is 5.21. The molecule has 2 heterocycles. The fraction of sp³-hybridized carbons (Fsp3) is 0.188. The van der Waals surface area contributed by atoms with E-state index in [9.17, 15) is 22.8 Å². The van der Waals surface area contributed by atoms with Crippen molar-refractivity contribution in [3.63, 3.8) is 0 Å². The van der Waals surface area contributed by atoms with Gasteiger partial charge < -0.3 is 5.32 Å². The fourth-order valence-electron chi connectivity index (χ4n) is 2.62. The maximum Gasteiger partial charge on any atom is 0.417 e. The molecule has 1 unspecified atom stereocenters. The SMILES string of the molecule is O=C1NCC(c2ccccc2)N1C(=O)c1cnccc1C(F)(F)F. The molecule has 0 bridgehead atoms. The Bertz CT molecular complexity index is 778. The Morgan fingerprint density at radius 1 is 1.21 bits per heavy atom. The van der Waals surface area contributed by atoms with Gasteiger partial charge in [0.15, 0.2) is 0 Å². The van der Waals surface area contributed by atoms with E-state index in [1.807, 2.05) is 0 Å². The van der Waals surface area contributed by atoms with Crippen molar-refractivity contribution in [3.05, 3.63) is 65.5 Å². The summed E-state index contributed by atoms with van der Waals surface area (Å²) in [5.74, 6) is -1.03. The van der Waals surface area contributed by atoms with Crippen molar-refractivity contribution in [1.29, 1.82) is 0 Å². The van der Waals surface area contributed by atoms with Crippen LogP contribution in [0, 0.1) is 0 Å². The first kappa shape index (κ1) is 16.0. The molecule has 8 heteroatoms. The molecule has 0 saturated carbocycles. The van der Waals surface area contributed by atoms with Crippen LogP contribution in [0.25, 0.3) is 0 Å². The van der Waals surface area contributed by atoms with Crippen LogP contribution in [-0.4, -0.2) is 28.4 Å². The molecule has 124 valence electrons. The smallest absolute Gasteiger partial charge is 0.335 e. The molecule has 2 aromatic rings. The number of rotatable bonds is 2. The van der Waals surface area contributed by atoms with E-state index >= 15 is 0 Å². The highest BCUT2D eigenvalue weighted by molar-refractivity contribution is 6.06. The minimum absolute atomic E-state index is 0.135. The van der Waals surface area contributed by atoms with E-state index in [1.54, 1.807) is 30.3 Å². The van der Waals surface area contributed by atoms with Crippen molar-refractivity contribution < 1.29 is 22.8 Å². The van der Waals surface area contributed by atoms with Crippen molar-refractivity contribution >= 4 is 11.9 Å². The molecule has 1 aliphatic heterocycles. The molecule has 0 spiro atoms. The summed E-state index contributed by atoms with van der Waals surface area (Å²) in [4.78, 5) is 29.1. The zero-order valence-electron chi connectivity index (χ0n) is 12.2. The zero-order chi connectivity index (χ0) is 17.3. The zero-order valence-corrected chi connectivity index (χ0v) is 12.2. The second kappa shape index (κ2) is 5.95. The first-order chi connectivity index (χ1) is 11.4. The molecule has 1 N–H and O–H groups in total. The number of hydrogen-bond donors (Lipinski definition) is 1. The van der Waals surface area contributed by atoms with Crippen LogP contribution >= 0.6 is 0 Å². The Hall–Kier alpha value is -2.90. The van der Waals surface area contributed by atoms with Gasteiger partial charge in [0, 0.05) is 18.9 Å². The number of halogens is 3. The number of amides is 3. The van der Waals surface area contributed by atoms with Gasteiger partial charge in [-0.2, -0.15) is 13.2 Å². The summed E-state index contributed by atoms with van der Waals surface area (Å²) in [6, 6.07) is 7.95. The quantitative estimate of drug-likeness (QED) is 0.918. The number of hydrogen-bond acceptors (Lipinski definition) is 3. The Morgan fingerprint density at radius 2 is 1.92 bits per heavy atom. The third kappa shape index (κ3) is 2.82. The fourth-order valence-corrected chi connectivity index (χ4v) is 2.62. The lowest BCUT2D eigenvalue weighted by Crippen LogP contribution is -2.37. The van der Waals surface area contributed by atoms with E-state index in [0.29, 0.717) is 5.56 Å². The maximum atomic E-state index is 13.1. The number of pyridine rings is 1. The topological polar surface area (TPSA) is 62.3 Å². The maximum absolute atomic E-state index is 13.1. The minimum atomic E-state index is -4.72. The largest absolute Gasteiger partial charge is 0.417 e. The van der Waals surface area contributed by atoms with Crippen molar-refractivity contribution in [1.82, 2.24) is 15.2 Å². The summed E-state index contributed by atoms with van der Waals surface area (Å²) in [5, 5.41) is 2.49. The van der Waals surface area contributed by atoms with Gasteiger partial charge in [-0.1, -0.05) is 30.3 Å². The van der Waals surface area contributed by atoms with Crippen LogP contribution in [0.4, 0.5) is 18.0 Å². The van der Waals surface area contributed by atoms with Crippen LogP contribution in [0.5, 0.6) is 0 Å². The number of nitrogens with one attached hydrogen (secondary N) is 1. The standard InChI is InChI=1S/C16H12F3N3O2/c17-16(18,19)12-6-7-20-8-11(12)14(23)22-13(9-21-15(22)24)10-4-2-1-3-5-10/h1-8,13H,9H2,(H,21,24). The summed E-state index contributed by atoms with van der Waals surface area (Å²) in [6.07, 6.45) is -2.93. The van der Waals surface area contributed by atoms with Crippen LogP contribution in [0.1, 0.15) is 27.5 Å². The molecule has 1 aliphatic rings. The first-order valence-electron chi connectivity index (χ1n) is 7.07. The minimum Gasteiger partial charge on any atom is -0.335 e. The molecule has 5 nitrogen and oxygen atoms in total. The number of nitrogens with zero attached hydrogens (tertiary/aromatic N) is 2. The molecular formula is C16H12F3N3O2. The van der Waals surface area contributed by atoms with Crippen molar-refractivity contribution in [3.8, 4) is 0 Å². The van der Waals surface area contributed by atoms with E-state index in [1.165, 1.54) is 0 Å². The van der Waals surface area contributed by atoms with Crippen LogP contribution in [0.15, 0.2) is 48.8 Å². The lowest BCUT2D eigenvalue weighted by atomic mass is 10.0. The van der Waals surface area contributed by atoms with Gasteiger partial charge >= 0.3 is 12.2 Å². The van der Waals surface area contributed by atoms with Gasteiger partial charge in [0.05, 0.1) is 17.2 Å². The predicted molar refractivity (Wildman–Crippen MR) is 78.0 cm³/mol. The number of carbonyl (C=O) groups excluding carboxylic acids is 2. The number of alkyl halides is 3. The molecule has 3 amide bonds. The molecule has 1 atom stereocenters. The van der Waals surface area contributed by atoms with Crippen LogP contribution < -0.4 is 5.32 Å². The molecule has 3 rings (SSSR count). The lowest BCUT2D eigenvalue weighted by Gasteiger charge is -2.23. The van der Waals surface area contributed by atoms with Gasteiger partial charge in [-0.05, 0) is 11.6 Å². The molecule has 24 heavy (non-hydrogen) atoms. The van der Waals surface area contributed by atoms with E-state index < -0.39 is 35.3 Å². The lowest BCUT2D eigenvalue weighted by molar-refractivity contribution is -0.138. The summed E-state index contributed by atoms with van der Waals surface area (Å²) in [5.41, 5.74) is -1.11. The number of urea groups is 1. The average molecular weight is 335 g/mol. The normalized spacial score (nSPS) is 17.7. The van der Waals surface area contributed by atoms with Gasteiger partial charge in [0.2, 0.25) is 0 Å². The van der Waals surface area contributed by atoms with Gasteiger partial charge in [0.1, 0.15) is 0 Å². The highest BCUT2D eigenvalue weighted by Gasteiger charge is 2.41. The van der Waals surface area contributed by atoms with E-state index in [2.05, 4.69) is 10.3 Å². The van der Waals surface area contributed by atoms with Gasteiger partial charge in [-0.25, -0.2) is 4.79 Å². The Kier molecular flexibility index (Phi) is 3.96. The molecule has 0 aliphatic carbocycles. The van der Waals surface area contributed by atoms with Crippen molar-refractivity contribution in [2.24, 2.45) is 0 Å². The van der Waals surface area contributed by atoms with Gasteiger partial charge in [-0.15, -0.1) is 0 Å². The molecule has 1 saturated heterocycles. The summed E-state index contributed by atoms with van der Waals surface area (Å²) < 4.78 is 39.3. The van der Waals surface area contributed by atoms with E-state index in [4.69, 9.17) is 0 Å². The monoisotopic (exact) mass is 335 g/mol. The number of imide groups is 1. The van der Waals surface area contributed by atoms with Crippen molar-refractivity contribution in [2.75, 3.05) is 6.54 Å². The summed E-state index contributed by atoms with van der Waals surface area (Å²) in [7, 11) is 0. The molecule has 1 aromatic heterocycles. The van der Waals surface area contributed by atoms with Crippen LogP contribution in [-0.2, 0) is 6.18 Å². The van der Waals surface area contributed by atoms with Crippen LogP contribution in [0.3, 0.4) is 0 Å². The Labute approximate surface area is 135 Å². The molecule has 0 radical (unpaired) electrons. The summed E-state index contributed by atoms with van der Waals surface area (Å²) in [6.45, 7) is 0.135. The number of benzene rings is 1. The number of aromatic nitrogens is 1. The summed E-state index contributed by atoms with van der Waals surface area (Å²) >= 11 is 0. The third-order valence-electron chi connectivity index (χ3n) is 3.74. The number of carbonyl (C=O) groups is 2. The third-order valence-corrected chi connectivity index (χ3v) is 3.74. The first-order valence-corrected chi connectivity index (χ1v) is 7.07. The Morgan fingerprint density at radius 3 is 2.58 bits per heavy atom. The van der Waals surface area contributed by atoms with Gasteiger partial charge in [0.25, 0.3) is 5.91 Å². The predicted octanol–water partition coefficient (Wildman–Crippen LogP) is 3.01. The molecular weight excluding hydrogens is 323 g/mol. The molecule has 1 aromatic carbocycles. The highest BCUT2D eigenvalue weighted by atomic mass is 19.4. The van der Waals surface area contributed by atoms with Gasteiger partial charge in [-0.3, -0.25) is 14.7 Å². The second-order valence-corrected chi connectivity index (χ2v) is 5.21. The highest BCUT2D eigenvalue weighted by Crippen LogP contribution is 2.34.